The van der Waals surface area contributed by atoms with Crippen LogP contribution in [0.3, 0.4) is 0 Å². The summed E-state index contributed by atoms with van der Waals surface area (Å²) in [6, 6.07) is 3.96. The highest BCUT2D eigenvalue weighted by Gasteiger charge is 1.98. The van der Waals surface area contributed by atoms with Crippen molar-refractivity contribution < 1.29 is 9.50 Å². The topological polar surface area (TPSA) is 46.0 Å². The Bertz CT molecular complexity index is 375. The number of hydrogen-bond acceptors (Lipinski definition) is 4. The Hall–Kier alpha value is -1.49. The lowest BCUT2D eigenvalue weighted by Crippen LogP contribution is -1.82. The zero-order valence-corrected chi connectivity index (χ0v) is 9.04. The minimum Gasteiger partial charge on any atom is -0.508 e. The van der Waals surface area contributed by atoms with Crippen LogP contribution in [-0.4, -0.2) is 14.7 Å². The van der Waals surface area contributed by atoms with Crippen molar-refractivity contribution in [2.24, 2.45) is 0 Å². The van der Waals surface area contributed by atoms with Gasteiger partial charge in [0.2, 0.25) is 0 Å². The molecule has 0 aliphatic rings. The van der Waals surface area contributed by atoms with Crippen molar-refractivity contribution in [3.05, 3.63) is 41.2 Å². The van der Waals surface area contributed by atoms with Gasteiger partial charge in [-0.15, -0.1) is 5.10 Å². The van der Waals surface area contributed by atoms with E-state index >= 15 is 0 Å². The average Bonchev–Trinajstić information content (AvgIpc) is 2.80. The number of hydrogen-bond donors (Lipinski definition) is 1. The van der Waals surface area contributed by atoms with Gasteiger partial charge in [-0.2, -0.15) is 0 Å². The third-order valence-electron chi connectivity index (χ3n) is 1.71. The maximum atomic E-state index is 12.4. The van der Waals surface area contributed by atoms with Crippen LogP contribution in [0, 0.1) is 5.82 Å². The van der Waals surface area contributed by atoms with Crippen molar-refractivity contribution in [3.8, 4) is 5.75 Å². The van der Waals surface area contributed by atoms with E-state index in [0.717, 1.165) is 0 Å². The molecule has 0 saturated heterocycles. The Morgan fingerprint density at radius 2 is 2.27 bits per heavy atom. The first-order valence-electron chi connectivity index (χ1n) is 4.42. The number of aryl methyl sites for hydroxylation is 1. The predicted octanol–water partition coefficient (Wildman–Crippen LogP) is 2.63. The van der Waals surface area contributed by atoms with Crippen LogP contribution in [0.4, 0.5) is 4.39 Å². The van der Waals surface area contributed by atoms with E-state index in [2.05, 4.69) is 9.59 Å². The lowest BCUT2D eigenvalue weighted by atomic mass is 10.1. The van der Waals surface area contributed by atoms with Crippen molar-refractivity contribution in [3.63, 3.8) is 0 Å². The molecule has 0 spiro atoms. The van der Waals surface area contributed by atoms with Crippen LogP contribution in [0.2, 0.25) is 0 Å². The van der Waals surface area contributed by atoms with E-state index in [1.807, 2.05) is 12.3 Å². The monoisotopic (exact) mass is 226 g/mol. The standard InChI is InChI=1S/C8H9FO.C2H2N2S/c1-2-6-5-7(9)3-4-8(6)10;1-2-5-4-3-1/h3-5,10H,2H2,1H3;1-2H. The summed E-state index contributed by atoms with van der Waals surface area (Å²) in [6.07, 6.45) is 2.31. The molecule has 15 heavy (non-hydrogen) atoms. The van der Waals surface area contributed by atoms with E-state index in [4.69, 9.17) is 5.11 Å². The Kier molecular flexibility index (Phi) is 4.70. The van der Waals surface area contributed by atoms with Crippen LogP contribution >= 0.6 is 11.5 Å². The van der Waals surface area contributed by atoms with Crippen LogP contribution in [0.25, 0.3) is 0 Å². The smallest absolute Gasteiger partial charge is 0.123 e. The van der Waals surface area contributed by atoms with Gasteiger partial charge in [0.25, 0.3) is 0 Å². The maximum absolute atomic E-state index is 12.4. The SMILES string of the molecule is CCc1cc(F)ccc1O.c1csnn1. The van der Waals surface area contributed by atoms with Gasteiger partial charge in [-0.3, -0.25) is 0 Å². The second-order valence-corrected chi connectivity index (χ2v) is 3.36. The molecule has 0 unspecified atom stereocenters. The number of rotatable bonds is 1. The maximum Gasteiger partial charge on any atom is 0.123 e. The van der Waals surface area contributed by atoms with Crippen LogP contribution in [0.1, 0.15) is 12.5 Å². The molecule has 0 bridgehead atoms. The van der Waals surface area contributed by atoms with Gasteiger partial charge in [0.1, 0.15) is 11.6 Å². The van der Waals surface area contributed by atoms with Crippen LogP contribution in [0.15, 0.2) is 29.8 Å². The lowest BCUT2D eigenvalue weighted by Gasteiger charge is -1.98. The molecule has 0 atom stereocenters. The lowest BCUT2D eigenvalue weighted by molar-refractivity contribution is 0.466. The third kappa shape index (κ3) is 4.03. The molecule has 0 radical (unpaired) electrons. The van der Waals surface area contributed by atoms with Gasteiger partial charge >= 0.3 is 0 Å². The Morgan fingerprint density at radius 3 is 2.67 bits per heavy atom. The van der Waals surface area contributed by atoms with Gasteiger partial charge in [-0.1, -0.05) is 11.4 Å². The molecular weight excluding hydrogens is 215 g/mol. The summed E-state index contributed by atoms with van der Waals surface area (Å²) in [5, 5.41) is 14.4. The zero-order valence-electron chi connectivity index (χ0n) is 8.22. The van der Waals surface area contributed by atoms with Crippen molar-refractivity contribution in [2.75, 3.05) is 0 Å². The average molecular weight is 226 g/mol. The summed E-state index contributed by atoms with van der Waals surface area (Å²) in [5.74, 6) is -0.126. The third-order valence-corrected chi connectivity index (χ3v) is 2.14. The van der Waals surface area contributed by atoms with E-state index in [1.165, 1.54) is 29.7 Å². The number of nitrogens with zero attached hydrogens (tertiary/aromatic N) is 2. The molecule has 1 N–H and O–H groups in total. The van der Waals surface area contributed by atoms with Crippen molar-refractivity contribution >= 4 is 11.5 Å². The summed E-state index contributed by atoms with van der Waals surface area (Å²) >= 11 is 1.35. The molecule has 0 saturated carbocycles. The van der Waals surface area contributed by atoms with Gasteiger partial charge in [-0.05, 0) is 41.7 Å². The second-order valence-electron chi connectivity index (χ2n) is 2.71. The first-order valence-corrected chi connectivity index (χ1v) is 5.26. The van der Waals surface area contributed by atoms with Crippen LogP contribution in [0.5, 0.6) is 5.75 Å². The predicted molar refractivity (Wildman–Crippen MR) is 57.4 cm³/mol. The van der Waals surface area contributed by atoms with E-state index in [-0.39, 0.29) is 11.6 Å². The fourth-order valence-corrected chi connectivity index (χ4v) is 1.25. The number of aromatic hydroxyl groups is 1. The highest BCUT2D eigenvalue weighted by molar-refractivity contribution is 7.03. The zero-order chi connectivity index (χ0) is 11.1. The highest BCUT2D eigenvalue weighted by atomic mass is 32.1. The minimum atomic E-state index is -0.297. The van der Waals surface area contributed by atoms with Gasteiger partial charge in [0.15, 0.2) is 0 Å². The first-order chi connectivity index (χ1) is 7.24. The van der Waals surface area contributed by atoms with Gasteiger partial charge < -0.3 is 5.11 Å². The quantitative estimate of drug-likeness (QED) is 0.813. The molecule has 80 valence electrons. The van der Waals surface area contributed by atoms with E-state index in [0.29, 0.717) is 12.0 Å². The number of halogens is 1. The molecular formula is C10H11FN2OS. The van der Waals surface area contributed by atoms with Crippen LogP contribution in [-0.2, 0) is 6.42 Å². The molecule has 2 rings (SSSR count). The van der Waals surface area contributed by atoms with E-state index in [9.17, 15) is 4.39 Å². The summed E-state index contributed by atoms with van der Waals surface area (Å²) in [5.41, 5.74) is 0.653. The normalized spacial score (nSPS) is 9.20. The molecule has 0 fully saturated rings. The Morgan fingerprint density at radius 1 is 1.47 bits per heavy atom. The molecule has 5 heteroatoms. The fraction of sp³-hybridized carbons (Fsp3) is 0.200. The van der Waals surface area contributed by atoms with Crippen LogP contribution < -0.4 is 0 Å². The first kappa shape index (κ1) is 11.6. The summed E-state index contributed by atoms with van der Waals surface area (Å²) < 4.78 is 15.9. The second kappa shape index (κ2) is 6.08. The molecule has 1 aromatic heterocycles. The highest BCUT2D eigenvalue weighted by Crippen LogP contribution is 2.17. The molecule has 3 nitrogen and oxygen atoms in total. The Balaban J connectivity index is 0.000000187. The van der Waals surface area contributed by atoms with E-state index in [1.54, 1.807) is 6.20 Å². The van der Waals surface area contributed by atoms with Crippen molar-refractivity contribution in [2.45, 2.75) is 13.3 Å². The summed E-state index contributed by atoms with van der Waals surface area (Å²) in [7, 11) is 0. The minimum absolute atomic E-state index is 0.170. The summed E-state index contributed by atoms with van der Waals surface area (Å²) in [6.45, 7) is 1.87. The van der Waals surface area contributed by atoms with Gasteiger partial charge in [-0.25, -0.2) is 4.39 Å². The van der Waals surface area contributed by atoms with Crippen molar-refractivity contribution in [1.29, 1.82) is 0 Å². The number of aromatic nitrogens is 2. The molecule has 2 aromatic rings. The molecule has 0 aliphatic carbocycles. The Labute approximate surface area is 91.4 Å². The molecule has 1 aromatic carbocycles. The van der Waals surface area contributed by atoms with Gasteiger partial charge in [0, 0.05) is 5.38 Å². The van der Waals surface area contributed by atoms with Gasteiger partial charge in [0.05, 0.1) is 6.20 Å². The fourth-order valence-electron chi connectivity index (χ4n) is 0.973. The number of phenols is 1. The molecule has 0 aliphatic heterocycles. The molecule has 1 heterocycles. The number of phenolic OH excluding ortho intramolecular Hbond substituents is 1. The summed E-state index contributed by atoms with van der Waals surface area (Å²) in [4.78, 5) is 0. The van der Waals surface area contributed by atoms with Crippen molar-refractivity contribution in [1.82, 2.24) is 9.59 Å². The molecule has 0 amide bonds. The largest absolute Gasteiger partial charge is 0.508 e. The number of benzene rings is 1. The van der Waals surface area contributed by atoms with E-state index < -0.39 is 0 Å².